The maximum Gasteiger partial charge on any atom is 0.337 e. The lowest BCUT2D eigenvalue weighted by Gasteiger charge is -2.10. The van der Waals surface area contributed by atoms with E-state index in [1.165, 1.54) is 49.6 Å². The van der Waals surface area contributed by atoms with Crippen molar-refractivity contribution in [2.75, 3.05) is 11.8 Å². The van der Waals surface area contributed by atoms with Gasteiger partial charge in [-0.3, -0.25) is 4.72 Å². The van der Waals surface area contributed by atoms with Gasteiger partial charge >= 0.3 is 5.97 Å². The summed E-state index contributed by atoms with van der Waals surface area (Å²) in [6.45, 7) is 0. The number of sulfonamides is 1. The highest BCUT2D eigenvalue weighted by Gasteiger charge is 2.19. The van der Waals surface area contributed by atoms with Crippen molar-refractivity contribution in [1.29, 1.82) is 0 Å². The summed E-state index contributed by atoms with van der Waals surface area (Å²) in [5, 5.41) is 0.286. The number of methoxy groups -OCH3 is 1. The van der Waals surface area contributed by atoms with Crippen molar-refractivity contribution in [2.45, 2.75) is 4.90 Å². The number of nitrogens with one attached hydrogen (secondary N) is 1. The van der Waals surface area contributed by atoms with Crippen LogP contribution in [-0.2, 0) is 14.8 Å². The van der Waals surface area contributed by atoms with Crippen LogP contribution >= 0.6 is 23.2 Å². The van der Waals surface area contributed by atoms with Crippen molar-refractivity contribution in [3.8, 4) is 0 Å². The predicted octanol–water partition coefficient (Wildman–Crippen LogP) is 3.58. The van der Waals surface area contributed by atoms with Gasteiger partial charge in [-0.15, -0.1) is 0 Å². The molecule has 1 N–H and O–H groups in total. The van der Waals surface area contributed by atoms with Crippen LogP contribution in [0.4, 0.5) is 5.69 Å². The molecule has 0 spiro atoms. The minimum absolute atomic E-state index is 0.0426. The van der Waals surface area contributed by atoms with E-state index in [0.717, 1.165) is 0 Å². The lowest BCUT2D eigenvalue weighted by molar-refractivity contribution is 0.0601. The molecule has 5 nitrogen and oxygen atoms in total. The Morgan fingerprint density at radius 2 is 1.86 bits per heavy atom. The summed E-state index contributed by atoms with van der Waals surface area (Å²) in [5.74, 6) is -0.568. The molecule has 0 aromatic heterocycles. The summed E-state index contributed by atoms with van der Waals surface area (Å²) >= 11 is 11.7. The Hall–Kier alpha value is -1.76. The number of carbonyl (C=O) groups is 1. The maximum atomic E-state index is 12.4. The number of rotatable bonds is 4. The fourth-order valence-corrected chi connectivity index (χ4v) is 3.53. The lowest BCUT2D eigenvalue weighted by atomic mass is 10.2. The SMILES string of the molecule is COC(=O)c1cccc(NS(=O)(=O)c2cc(Cl)ccc2Cl)c1. The molecule has 0 atom stereocenters. The molecule has 0 fully saturated rings. The van der Waals surface area contributed by atoms with Crippen LogP contribution in [0.5, 0.6) is 0 Å². The molecule has 2 rings (SSSR count). The molecule has 0 aliphatic carbocycles. The summed E-state index contributed by atoms with van der Waals surface area (Å²) in [6, 6.07) is 10.0. The number of anilines is 1. The number of esters is 1. The highest BCUT2D eigenvalue weighted by molar-refractivity contribution is 7.92. The Balaban J connectivity index is 2.37. The highest BCUT2D eigenvalue weighted by atomic mass is 35.5. The molecule has 22 heavy (non-hydrogen) atoms. The molecule has 0 heterocycles. The summed E-state index contributed by atoms with van der Waals surface area (Å²) in [7, 11) is -2.69. The Morgan fingerprint density at radius 1 is 1.14 bits per heavy atom. The van der Waals surface area contributed by atoms with Crippen LogP contribution in [0.1, 0.15) is 10.4 Å². The van der Waals surface area contributed by atoms with Gasteiger partial charge in [-0.2, -0.15) is 0 Å². The molecule has 0 bridgehead atoms. The second-order valence-electron chi connectivity index (χ2n) is 4.25. The van der Waals surface area contributed by atoms with Crippen LogP contribution in [0.2, 0.25) is 10.0 Å². The molecule has 0 unspecified atom stereocenters. The van der Waals surface area contributed by atoms with Gasteiger partial charge in [-0.25, -0.2) is 13.2 Å². The Bertz CT molecular complexity index is 821. The third kappa shape index (κ3) is 3.71. The number of halogens is 2. The first-order valence-electron chi connectivity index (χ1n) is 6.00. The van der Waals surface area contributed by atoms with Crippen LogP contribution in [0, 0.1) is 0 Å². The van der Waals surface area contributed by atoms with E-state index < -0.39 is 16.0 Å². The zero-order valence-electron chi connectivity index (χ0n) is 11.3. The molecule has 8 heteroatoms. The van der Waals surface area contributed by atoms with Crippen LogP contribution in [0.3, 0.4) is 0 Å². The zero-order valence-corrected chi connectivity index (χ0v) is 13.7. The third-order valence-corrected chi connectivity index (χ3v) is 4.82. The van der Waals surface area contributed by atoms with Crippen LogP contribution in [-0.4, -0.2) is 21.5 Å². The van der Waals surface area contributed by atoms with Gasteiger partial charge in [-0.05, 0) is 36.4 Å². The third-order valence-electron chi connectivity index (χ3n) is 2.72. The van der Waals surface area contributed by atoms with E-state index in [4.69, 9.17) is 23.2 Å². The molecule has 116 valence electrons. The fourth-order valence-electron chi connectivity index (χ4n) is 1.72. The van der Waals surface area contributed by atoms with Crippen molar-refractivity contribution in [3.05, 3.63) is 58.1 Å². The van der Waals surface area contributed by atoms with Crippen molar-refractivity contribution >= 4 is 44.9 Å². The fraction of sp³-hybridized carbons (Fsp3) is 0.0714. The molecule has 0 aliphatic rings. The molecule has 0 amide bonds. The monoisotopic (exact) mass is 359 g/mol. The van der Waals surface area contributed by atoms with E-state index in [2.05, 4.69) is 9.46 Å². The van der Waals surface area contributed by atoms with Gasteiger partial charge in [-0.1, -0.05) is 29.3 Å². The Labute approximate surface area is 137 Å². The van der Waals surface area contributed by atoms with E-state index in [1.54, 1.807) is 0 Å². The topological polar surface area (TPSA) is 72.5 Å². The van der Waals surface area contributed by atoms with Crippen molar-refractivity contribution in [2.24, 2.45) is 0 Å². The van der Waals surface area contributed by atoms with Crippen molar-refractivity contribution in [3.63, 3.8) is 0 Å². The number of benzene rings is 2. The normalized spacial score (nSPS) is 11.0. The first-order chi connectivity index (χ1) is 10.3. The molecule has 0 aliphatic heterocycles. The number of ether oxygens (including phenoxy) is 1. The largest absolute Gasteiger partial charge is 0.465 e. The van der Waals surface area contributed by atoms with Gasteiger partial charge < -0.3 is 4.74 Å². The van der Waals surface area contributed by atoms with Crippen LogP contribution < -0.4 is 4.72 Å². The first kappa shape index (κ1) is 16.6. The van der Waals surface area contributed by atoms with Gasteiger partial charge in [0.25, 0.3) is 10.0 Å². The van der Waals surface area contributed by atoms with Gasteiger partial charge in [0.2, 0.25) is 0 Å². The number of hydrogen-bond donors (Lipinski definition) is 1. The number of hydrogen-bond acceptors (Lipinski definition) is 4. The average Bonchev–Trinajstić information content (AvgIpc) is 2.48. The van der Waals surface area contributed by atoms with Crippen molar-refractivity contribution < 1.29 is 17.9 Å². The minimum Gasteiger partial charge on any atom is -0.465 e. The standard InChI is InChI=1S/C14H11Cl2NO4S/c1-21-14(18)9-3-2-4-11(7-9)17-22(19,20)13-8-10(15)5-6-12(13)16/h2-8,17H,1H3. The average molecular weight is 360 g/mol. The summed E-state index contributed by atoms with van der Waals surface area (Å²) in [5.41, 5.74) is 0.429. The molecular weight excluding hydrogens is 349 g/mol. The number of carbonyl (C=O) groups excluding carboxylic acids is 1. The highest BCUT2D eigenvalue weighted by Crippen LogP contribution is 2.27. The quantitative estimate of drug-likeness (QED) is 0.846. The molecule has 0 radical (unpaired) electrons. The molecule has 0 saturated heterocycles. The second kappa shape index (κ2) is 6.56. The molecular formula is C14H11Cl2NO4S. The van der Waals surface area contributed by atoms with E-state index in [1.807, 2.05) is 0 Å². The van der Waals surface area contributed by atoms with Crippen molar-refractivity contribution in [1.82, 2.24) is 0 Å². The molecule has 2 aromatic rings. The van der Waals surface area contributed by atoms with Gasteiger partial charge in [0.15, 0.2) is 0 Å². The lowest BCUT2D eigenvalue weighted by Crippen LogP contribution is -2.14. The van der Waals surface area contributed by atoms with Crippen LogP contribution in [0.25, 0.3) is 0 Å². The zero-order chi connectivity index (χ0) is 16.3. The predicted molar refractivity (Wildman–Crippen MR) is 85.1 cm³/mol. The molecule has 2 aromatic carbocycles. The van der Waals surface area contributed by atoms with Gasteiger partial charge in [0.1, 0.15) is 4.90 Å². The minimum atomic E-state index is -3.93. The van der Waals surface area contributed by atoms with E-state index in [-0.39, 0.29) is 26.2 Å². The van der Waals surface area contributed by atoms with E-state index >= 15 is 0 Å². The molecule has 0 saturated carbocycles. The maximum absolute atomic E-state index is 12.4. The van der Waals surface area contributed by atoms with Crippen LogP contribution in [0.15, 0.2) is 47.4 Å². The summed E-state index contributed by atoms with van der Waals surface area (Å²) in [6.07, 6.45) is 0. The van der Waals surface area contributed by atoms with E-state index in [9.17, 15) is 13.2 Å². The van der Waals surface area contributed by atoms with Gasteiger partial charge in [0, 0.05) is 10.7 Å². The summed E-state index contributed by atoms with van der Waals surface area (Å²) in [4.78, 5) is 11.3. The Morgan fingerprint density at radius 3 is 2.55 bits per heavy atom. The second-order valence-corrected chi connectivity index (χ2v) is 6.75. The first-order valence-corrected chi connectivity index (χ1v) is 8.23. The van der Waals surface area contributed by atoms with Gasteiger partial charge in [0.05, 0.1) is 17.7 Å². The summed E-state index contributed by atoms with van der Waals surface area (Å²) < 4.78 is 31.6. The smallest absolute Gasteiger partial charge is 0.337 e. The Kier molecular flexibility index (Phi) is 4.95. The van der Waals surface area contributed by atoms with E-state index in [0.29, 0.717) is 0 Å².